The minimum absolute atomic E-state index is 0.184. The van der Waals surface area contributed by atoms with Gasteiger partial charge < -0.3 is 5.73 Å². The van der Waals surface area contributed by atoms with Crippen LogP contribution in [0.5, 0.6) is 0 Å². The van der Waals surface area contributed by atoms with E-state index < -0.39 is 0 Å². The smallest absolute Gasteiger partial charge is 0.123 e. The first kappa shape index (κ1) is 10.2. The highest BCUT2D eigenvalue weighted by atomic mass is 19.1. The summed E-state index contributed by atoms with van der Waals surface area (Å²) in [5, 5.41) is 0. The van der Waals surface area contributed by atoms with Gasteiger partial charge >= 0.3 is 0 Å². The zero-order valence-corrected chi connectivity index (χ0v) is 8.13. The van der Waals surface area contributed by atoms with Crippen LogP contribution >= 0.6 is 0 Å². The topological polar surface area (TPSA) is 26.0 Å². The van der Waals surface area contributed by atoms with E-state index in [-0.39, 0.29) is 11.7 Å². The lowest BCUT2D eigenvalue weighted by atomic mass is 9.89. The standard InChI is InChI=1S/C11H16FN/c1-8(2)11(7-13)9-4-3-5-10(12)6-9/h3-6,8,11H,7,13H2,1-2H3. The fourth-order valence-electron chi connectivity index (χ4n) is 1.53. The van der Waals surface area contributed by atoms with Gasteiger partial charge in [0.2, 0.25) is 0 Å². The Balaban J connectivity index is 2.91. The van der Waals surface area contributed by atoms with Crippen molar-refractivity contribution in [2.45, 2.75) is 19.8 Å². The average molecular weight is 181 g/mol. The maximum Gasteiger partial charge on any atom is 0.123 e. The van der Waals surface area contributed by atoms with Gasteiger partial charge in [0.1, 0.15) is 5.82 Å². The number of hydrogen-bond acceptors (Lipinski definition) is 1. The highest BCUT2D eigenvalue weighted by Gasteiger charge is 2.13. The molecule has 1 nitrogen and oxygen atoms in total. The van der Waals surface area contributed by atoms with E-state index in [1.807, 2.05) is 6.07 Å². The largest absolute Gasteiger partial charge is 0.330 e. The second-order valence-corrected chi connectivity index (χ2v) is 3.64. The molecule has 1 atom stereocenters. The number of halogens is 1. The summed E-state index contributed by atoms with van der Waals surface area (Å²) < 4.78 is 12.9. The molecule has 0 heterocycles. The molecule has 0 bridgehead atoms. The Morgan fingerprint density at radius 1 is 1.38 bits per heavy atom. The van der Waals surface area contributed by atoms with Gasteiger partial charge in [0.15, 0.2) is 0 Å². The van der Waals surface area contributed by atoms with Crippen molar-refractivity contribution in [3.05, 3.63) is 35.6 Å². The monoisotopic (exact) mass is 181 g/mol. The molecule has 1 unspecified atom stereocenters. The van der Waals surface area contributed by atoms with E-state index in [9.17, 15) is 4.39 Å². The molecular formula is C11H16FN. The molecule has 72 valence electrons. The Morgan fingerprint density at radius 3 is 2.54 bits per heavy atom. The van der Waals surface area contributed by atoms with Crippen LogP contribution in [0.15, 0.2) is 24.3 Å². The van der Waals surface area contributed by atoms with Crippen LogP contribution in [0.25, 0.3) is 0 Å². The SMILES string of the molecule is CC(C)C(CN)c1cccc(F)c1. The molecule has 2 N–H and O–H groups in total. The van der Waals surface area contributed by atoms with E-state index >= 15 is 0 Å². The molecule has 0 fully saturated rings. The molecule has 0 aromatic heterocycles. The zero-order valence-electron chi connectivity index (χ0n) is 8.13. The number of rotatable bonds is 3. The highest BCUT2D eigenvalue weighted by Crippen LogP contribution is 2.23. The Bertz CT molecular complexity index is 271. The first-order valence-electron chi connectivity index (χ1n) is 4.60. The lowest BCUT2D eigenvalue weighted by molar-refractivity contribution is 0.502. The summed E-state index contributed by atoms with van der Waals surface area (Å²) in [6.07, 6.45) is 0. The third-order valence-corrected chi connectivity index (χ3v) is 2.34. The van der Waals surface area contributed by atoms with Gasteiger partial charge in [-0.1, -0.05) is 26.0 Å². The third kappa shape index (κ3) is 2.52. The van der Waals surface area contributed by atoms with E-state index in [2.05, 4.69) is 13.8 Å². The molecule has 0 aliphatic heterocycles. The minimum atomic E-state index is -0.184. The quantitative estimate of drug-likeness (QED) is 0.761. The van der Waals surface area contributed by atoms with Gasteiger partial charge in [-0.15, -0.1) is 0 Å². The maximum absolute atomic E-state index is 12.9. The predicted octanol–water partition coefficient (Wildman–Crippen LogP) is 2.52. The molecule has 1 aromatic carbocycles. The van der Waals surface area contributed by atoms with Crippen molar-refractivity contribution in [1.82, 2.24) is 0 Å². The molecule has 13 heavy (non-hydrogen) atoms. The summed E-state index contributed by atoms with van der Waals surface area (Å²) >= 11 is 0. The summed E-state index contributed by atoms with van der Waals surface area (Å²) in [6.45, 7) is 4.77. The molecule has 1 aromatic rings. The van der Waals surface area contributed by atoms with Gasteiger partial charge in [-0.3, -0.25) is 0 Å². The van der Waals surface area contributed by atoms with Gasteiger partial charge in [-0.2, -0.15) is 0 Å². The first-order chi connectivity index (χ1) is 6.15. The lowest BCUT2D eigenvalue weighted by Gasteiger charge is -2.19. The van der Waals surface area contributed by atoms with E-state index in [1.54, 1.807) is 12.1 Å². The Morgan fingerprint density at radius 2 is 2.08 bits per heavy atom. The van der Waals surface area contributed by atoms with Gasteiger partial charge in [0.25, 0.3) is 0 Å². The summed E-state index contributed by atoms with van der Waals surface area (Å²) in [5.74, 6) is 0.527. The van der Waals surface area contributed by atoms with E-state index in [0.717, 1.165) is 5.56 Å². The van der Waals surface area contributed by atoms with Crippen LogP contribution in [-0.2, 0) is 0 Å². The Labute approximate surface area is 78.8 Å². The average Bonchev–Trinajstić information content (AvgIpc) is 2.04. The first-order valence-corrected chi connectivity index (χ1v) is 4.60. The molecule has 2 heteroatoms. The van der Waals surface area contributed by atoms with E-state index in [1.165, 1.54) is 6.07 Å². The minimum Gasteiger partial charge on any atom is -0.330 e. The van der Waals surface area contributed by atoms with Gasteiger partial charge in [0.05, 0.1) is 0 Å². The number of hydrogen-bond donors (Lipinski definition) is 1. The zero-order chi connectivity index (χ0) is 9.84. The van der Waals surface area contributed by atoms with Gasteiger partial charge in [0, 0.05) is 0 Å². The number of nitrogens with two attached hydrogens (primary N) is 1. The van der Waals surface area contributed by atoms with Crippen molar-refractivity contribution in [2.24, 2.45) is 11.7 Å². The highest BCUT2D eigenvalue weighted by molar-refractivity contribution is 5.21. The van der Waals surface area contributed by atoms with Crippen LogP contribution in [0.3, 0.4) is 0 Å². The van der Waals surface area contributed by atoms with Crippen molar-refractivity contribution < 1.29 is 4.39 Å². The van der Waals surface area contributed by atoms with Gasteiger partial charge in [-0.25, -0.2) is 4.39 Å². The van der Waals surface area contributed by atoms with Crippen LogP contribution in [0.4, 0.5) is 4.39 Å². The molecule has 0 saturated carbocycles. The van der Waals surface area contributed by atoms with Crippen molar-refractivity contribution in [2.75, 3.05) is 6.54 Å². The predicted molar refractivity (Wildman–Crippen MR) is 53.0 cm³/mol. The second-order valence-electron chi connectivity index (χ2n) is 3.64. The third-order valence-electron chi connectivity index (χ3n) is 2.34. The normalized spacial score (nSPS) is 13.3. The summed E-state index contributed by atoms with van der Waals surface area (Å²) in [5.41, 5.74) is 6.63. The van der Waals surface area contributed by atoms with Crippen molar-refractivity contribution in [1.29, 1.82) is 0 Å². The van der Waals surface area contributed by atoms with Gasteiger partial charge in [-0.05, 0) is 36.1 Å². The molecule has 0 amide bonds. The van der Waals surface area contributed by atoms with Crippen LogP contribution in [0, 0.1) is 11.7 Å². The maximum atomic E-state index is 12.9. The van der Waals surface area contributed by atoms with Crippen molar-refractivity contribution >= 4 is 0 Å². The molecule has 1 rings (SSSR count). The molecule has 0 aliphatic rings. The molecule has 0 saturated heterocycles. The van der Waals surface area contributed by atoms with E-state index in [0.29, 0.717) is 12.5 Å². The van der Waals surface area contributed by atoms with Crippen LogP contribution in [0.2, 0.25) is 0 Å². The summed E-state index contributed by atoms with van der Waals surface area (Å²) in [4.78, 5) is 0. The van der Waals surface area contributed by atoms with E-state index in [4.69, 9.17) is 5.73 Å². The fraction of sp³-hybridized carbons (Fsp3) is 0.455. The molecule has 0 spiro atoms. The Hall–Kier alpha value is -0.890. The van der Waals surface area contributed by atoms with Crippen LogP contribution in [-0.4, -0.2) is 6.54 Å². The Kier molecular flexibility index (Phi) is 3.43. The van der Waals surface area contributed by atoms with Crippen LogP contribution < -0.4 is 5.73 Å². The summed E-state index contributed by atoms with van der Waals surface area (Å²) in [7, 11) is 0. The second kappa shape index (κ2) is 4.38. The molecule has 0 aliphatic carbocycles. The van der Waals surface area contributed by atoms with Crippen LogP contribution in [0.1, 0.15) is 25.3 Å². The molecule has 0 radical (unpaired) electrons. The lowest BCUT2D eigenvalue weighted by Crippen LogP contribution is -2.17. The van der Waals surface area contributed by atoms with Crippen molar-refractivity contribution in [3.8, 4) is 0 Å². The van der Waals surface area contributed by atoms with Crippen molar-refractivity contribution in [3.63, 3.8) is 0 Å². The summed E-state index contributed by atoms with van der Waals surface area (Å²) in [6, 6.07) is 6.69. The fourth-order valence-corrected chi connectivity index (χ4v) is 1.53. The number of benzene rings is 1. The molecular weight excluding hydrogens is 165 g/mol.